The molecule has 1 aliphatic heterocycles. The van der Waals surface area contributed by atoms with E-state index in [0.717, 1.165) is 31.2 Å². The zero-order valence-corrected chi connectivity index (χ0v) is 15.1. The minimum Gasteiger partial charge on any atom is -0.353 e. The molecule has 130 valence electrons. The molecular formula is C18H22Cl2N2O2. The number of amides is 2. The highest BCUT2D eigenvalue weighted by Gasteiger charge is 2.32. The topological polar surface area (TPSA) is 49.4 Å². The third-order valence-electron chi connectivity index (χ3n) is 4.77. The first-order valence-electron chi connectivity index (χ1n) is 8.55. The van der Waals surface area contributed by atoms with Crippen molar-refractivity contribution in [3.8, 4) is 0 Å². The van der Waals surface area contributed by atoms with Gasteiger partial charge < -0.3 is 10.2 Å². The number of hydrogen-bond acceptors (Lipinski definition) is 2. The summed E-state index contributed by atoms with van der Waals surface area (Å²) in [6.07, 6.45) is 4.79. The van der Waals surface area contributed by atoms with E-state index in [1.807, 2.05) is 11.0 Å². The van der Waals surface area contributed by atoms with Gasteiger partial charge in [0.25, 0.3) is 0 Å². The fourth-order valence-corrected chi connectivity index (χ4v) is 3.56. The SMILES string of the molecule is O=C(NC1CCN(C(=O)CCc2ccc(Cl)cc2Cl)CC1)C1CC1. The maximum atomic E-state index is 12.4. The Balaban J connectivity index is 1.42. The van der Waals surface area contributed by atoms with Crippen LogP contribution in [0.2, 0.25) is 10.0 Å². The van der Waals surface area contributed by atoms with E-state index in [9.17, 15) is 9.59 Å². The lowest BCUT2D eigenvalue weighted by molar-refractivity contribution is -0.132. The Kier molecular flexibility index (Phi) is 5.67. The van der Waals surface area contributed by atoms with Gasteiger partial charge in [0.15, 0.2) is 0 Å². The maximum absolute atomic E-state index is 12.4. The highest BCUT2D eigenvalue weighted by molar-refractivity contribution is 6.35. The number of rotatable bonds is 5. The molecule has 1 aromatic carbocycles. The third kappa shape index (κ3) is 4.64. The van der Waals surface area contributed by atoms with Gasteiger partial charge in [-0.3, -0.25) is 9.59 Å². The van der Waals surface area contributed by atoms with Gasteiger partial charge in [-0.2, -0.15) is 0 Å². The lowest BCUT2D eigenvalue weighted by atomic mass is 10.0. The number of halogens is 2. The molecule has 1 aliphatic carbocycles. The number of carbonyl (C=O) groups excluding carboxylic acids is 2. The molecule has 1 N–H and O–H groups in total. The lowest BCUT2D eigenvalue weighted by Crippen LogP contribution is -2.47. The van der Waals surface area contributed by atoms with Crippen molar-refractivity contribution in [2.75, 3.05) is 13.1 Å². The number of piperidine rings is 1. The van der Waals surface area contributed by atoms with Crippen LogP contribution in [0.25, 0.3) is 0 Å². The predicted octanol–water partition coefficient (Wildman–Crippen LogP) is 3.44. The van der Waals surface area contributed by atoms with Gasteiger partial charge in [-0.05, 0) is 49.8 Å². The van der Waals surface area contributed by atoms with E-state index >= 15 is 0 Å². The van der Waals surface area contributed by atoms with E-state index in [4.69, 9.17) is 23.2 Å². The summed E-state index contributed by atoms with van der Waals surface area (Å²) in [4.78, 5) is 26.0. The molecule has 0 spiro atoms. The summed E-state index contributed by atoms with van der Waals surface area (Å²) in [5.74, 6) is 0.582. The fraction of sp³-hybridized carbons (Fsp3) is 0.556. The number of benzene rings is 1. The Morgan fingerprint density at radius 2 is 1.83 bits per heavy atom. The van der Waals surface area contributed by atoms with Crippen LogP contribution in [-0.4, -0.2) is 35.8 Å². The van der Waals surface area contributed by atoms with Crippen molar-refractivity contribution in [1.82, 2.24) is 10.2 Å². The maximum Gasteiger partial charge on any atom is 0.223 e. The Bertz CT molecular complexity index is 623. The summed E-state index contributed by atoms with van der Waals surface area (Å²) >= 11 is 12.0. The van der Waals surface area contributed by atoms with Gasteiger partial charge in [0.2, 0.25) is 11.8 Å². The van der Waals surface area contributed by atoms with Gasteiger partial charge in [-0.15, -0.1) is 0 Å². The van der Waals surface area contributed by atoms with Crippen molar-refractivity contribution < 1.29 is 9.59 Å². The third-order valence-corrected chi connectivity index (χ3v) is 5.35. The number of hydrogen-bond donors (Lipinski definition) is 1. The second-order valence-corrected chi connectivity index (χ2v) is 7.52. The number of aryl methyl sites for hydroxylation is 1. The van der Waals surface area contributed by atoms with Crippen molar-refractivity contribution >= 4 is 35.0 Å². The summed E-state index contributed by atoms with van der Waals surface area (Å²) in [5.41, 5.74) is 0.945. The Morgan fingerprint density at radius 3 is 2.46 bits per heavy atom. The summed E-state index contributed by atoms with van der Waals surface area (Å²) < 4.78 is 0. The monoisotopic (exact) mass is 368 g/mol. The van der Waals surface area contributed by atoms with Gasteiger partial charge in [-0.25, -0.2) is 0 Å². The molecule has 1 saturated heterocycles. The van der Waals surface area contributed by atoms with Crippen molar-refractivity contribution in [3.05, 3.63) is 33.8 Å². The summed E-state index contributed by atoms with van der Waals surface area (Å²) in [6.45, 7) is 1.42. The first-order valence-corrected chi connectivity index (χ1v) is 9.30. The fourth-order valence-electron chi connectivity index (χ4n) is 3.06. The van der Waals surface area contributed by atoms with E-state index < -0.39 is 0 Å². The normalized spacial score (nSPS) is 18.5. The van der Waals surface area contributed by atoms with Crippen LogP contribution in [0, 0.1) is 5.92 Å². The van der Waals surface area contributed by atoms with E-state index in [1.165, 1.54) is 0 Å². The van der Waals surface area contributed by atoms with Gasteiger partial charge in [0, 0.05) is 41.5 Å². The molecule has 2 fully saturated rings. The molecule has 0 unspecified atom stereocenters. The van der Waals surface area contributed by atoms with E-state index in [1.54, 1.807) is 12.1 Å². The molecule has 0 atom stereocenters. The molecule has 0 aromatic heterocycles. The average Bonchev–Trinajstić information content (AvgIpc) is 3.39. The lowest BCUT2D eigenvalue weighted by Gasteiger charge is -2.32. The quantitative estimate of drug-likeness (QED) is 0.865. The smallest absolute Gasteiger partial charge is 0.223 e. The molecule has 0 radical (unpaired) electrons. The second kappa shape index (κ2) is 7.75. The van der Waals surface area contributed by atoms with Crippen molar-refractivity contribution in [2.24, 2.45) is 5.92 Å². The number of likely N-dealkylation sites (tertiary alicyclic amines) is 1. The number of nitrogens with one attached hydrogen (secondary N) is 1. The van der Waals surface area contributed by atoms with Crippen LogP contribution in [0.4, 0.5) is 0 Å². The van der Waals surface area contributed by atoms with Crippen LogP contribution in [0.1, 0.15) is 37.7 Å². The van der Waals surface area contributed by atoms with Gasteiger partial charge in [-0.1, -0.05) is 29.3 Å². The molecule has 2 aliphatic rings. The highest BCUT2D eigenvalue weighted by atomic mass is 35.5. The predicted molar refractivity (Wildman–Crippen MR) is 95.3 cm³/mol. The molecule has 4 nitrogen and oxygen atoms in total. The minimum atomic E-state index is 0.146. The Hall–Kier alpha value is -1.26. The van der Waals surface area contributed by atoms with Crippen molar-refractivity contribution in [1.29, 1.82) is 0 Å². The van der Waals surface area contributed by atoms with Gasteiger partial charge in [0.05, 0.1) is 0 Å². The zero-order valence-electron chi connectivity index (χ0n) is 13.6. The van der Waals surface area contributed by atoms with Gasteiger partial charge in [0.1, 0.15) is 0 Å². The van der Waals surface area contributed by atoms with Crippen LogP contribution in [-0.2, 0) is 16.0 Å². The van der Waals surface area contributed by atoms with Crippen LogP contribution in [0.15, 0.2) is 18.2 Å². The molecule has 1 saturated carbocycles. The largest absolute Gasteiger partial charge is 0.353 e. The molecule has 6 heteroatoms. The highest BCUT2D eigenvalue weighted by Crippen LogP contribution is 2.29. The molecule has 1 aromatic rings. The van der Waals surface area contributed by atoms with Crippen LogP contribution in [0.3, 0.4) is 0 Å². The molecule has 0 bridgehead atoms. The van der Waals surface area contributed by atoms with Crippen molar-refractivity contribution in [2.45, 2.75) is 44.6 Å². The zero-order chi connectivity index (χ0) is 17.1. The van der Waals surface area contributed by atoms with Crippen LogP contribution >= 0.6 is 23.2 Å². The Labute approximate surface area is 152 Å². The summed E-state index contributed by atoms with van der Waals surface area (Å²) in [5, 5.41) is 4.31. The molecule has 1 heterocycles. The van der Waals surface area contributed by atoms with E-state index in [2.05, 4.69) is 5.32 Å². The first-order chi connectivity index (χ1) is 11.5. The second-order valence-electron chi connectivity index (χ2n) is 6.67. The van der Waals surface area contributed by atoms with Crippen LogP contribution < -0.4 is 5.32 Å². The number of nitrogens with zero attached hydrogens (tertiary/aromatic N) is 1. The first kappa shape index (κ1) is 17.6. The molecule has 2 amide bonds. The summed E-state index contributed by atoms with van der Waals surface area (Å²) in [6, 6.07) is 5.59. The number of carbonyl (C=O) groups is 2. The van der Waals surface area contributed by atoms with Crippen LogP contribution in [0.5, 0.6) is 0 Å². The van der Waals surface area contributed by atoms with Crippen molar-refractivity contribution in [3.63, 3.8) is 0 Å². The van der Waals surface area contributed by atoms with E-state index in [0.29, 0.717) is 36.0 Å². The molecule has 3 rings (SSSR count). The summed E-state index contributed by atoms with van der Waals surface area (Å²) in [7, 11) is 0. The average molecular weight is 369 g/mol. The molecular weight excluding hydrogens is 347 g/mol. The Morgan fingerprint density at radius 1 is 1.12 bits per heavy atom. The minimum absolute atomic E-state index is 0.146. The standard InChI is InChI=1S/C18H22Cl2N2O2/c19-14-5-3-12(16(20)11-14)4-6-17(23)22-9-7-15(8-10-22)21-18(24)13-1-2-13/h3,5,11,13,15H,1-2,4,6-10H2,(H,21,24). The molecule has 24 heavy (non-hydrogen) atoms. The van der Waals surface area contributed by atoms with Gasteiger partial charge >= 0.3 is 0 Å². The van der Waals surface area contributed by atoms with E-state index in [-0.39, 0.29) is 23.8 Å².